The number of nitrogens with one attached hydrogen (secondary N) is 2. The van der Waals surface area contributed by atoms with Gasteiger partial charge in [0.1, 0.15) is 5.82 Å². The van der Waals surface area contributed by atoms with E-state index in [9.17, 15) is 4.39 Å². The number of aromatic nitrogens is 2. The van der Waals surface area contributed by atoms with E-state index in [1.165, 1.54) is 6.07 Å². The number of hydrogen-bond donors (Lipinski definition) is 2. The second-order valence-electron chi connectivity index (χ2n) is 6.63. The van der Waals surface area contributed by atoms with Crippen molar-refractivity contribution in [3.05, 3.63) is 48.3 Å². The smallest absolute Gasteiger partial charge is 0.191 e. The molecule has 2 aromatic rings. The second kappa shape index (κ2) is 12.7. The van der Waals surface area contributed by atoms with Gasteiger partial charge in [-0.3, -0.25) is 4.99 Å². The lowest BCUT2D eigenvalue weighted by molar-refractivity contribution is 0.0258. The number of guanidine groups is 1. The molecule has 2 N–H and O–H groups in total. The Kier molecular flexibility index (Phi) is 11.1. The summed E-state index contributed by atoms with van der Waals surface area (Å²) in [5, 5.41) is 6.50. The maximum atomic E-state index is 14.3. The maximum absolute atomic E-state index is 14.3. The predicted molar refractivity (Wildman–Crippen MR) is 122 cm³/mol. The largest absolute Gasteiger partial charge is 0.378 e. The lowest BCUT2D eigenvalue weighted by Crippen LogP contribution is -2.39. The van der Waals surface area contributed by atoms with Gasteiger partial charge in [-0.2, -0.15) is 0 Å². The molecule has 0 amide bonds. The van der Waals surface area contributed by atoms with E-state index in [1.54, 1.807) is 36.4 Å². The summed E-state index contributed by atoms with van der Waals surface area (Å²) >= 11 is 0. The highest BCUT2D eigenvalue weighted by Crippen LogP contribution is 2.15. The fourth-order valence-electron chi connectivity index (χ4n) is 2.83. The average Bonchev–Trinajstić information content (AvgIpc) is 3.18. The molecule has 1 aromatic heterocycles. The maximum Gasteiger partial charge on any atom is 0.191 e. The van der Waals surface area contributed by atoms with Gasteiger partial charge < -0.3 is 19.9 Å². The summed E-state index contributed by atoms with van der Waals surface area (Å²) in [4.78, 5) is 8.17. The van der Waals surface area contributed by atoms with Crippen LogP contribution in [-0.4, -0.2) is 41.8 Å². The third-order valence-electron chi connectivity index (χ3n) is 4.32. The van der Waals surface area contributed by atoms with Crippen molar-refractivity contribution in [1.29, 1.82) is 0 Å². The zero-order valence-corrected chi connectivity index (χ0v) is 19.3. The Balaban J connectivity index is 0.00000392. The van der Waals surface area contributed by atoms with E-state index < -0.39 is 0 Å². The zero-order chi connectivity index (χ0) is 19.6. The number of rotatable bonds is 9. The van der Waals surface area contributed by atoms with E-state index in [-0.39, 0.29) is 35.9 Å². The van der Waals surface area contributed by atoms with Crippen molar-refractivity contribution in [1.82, 2.24) is 20.2 Å². The molecule has 0 saturated heterocycles. The molecule has 6 nitrogen and oxygen atoms in total. The quantitative estimate of drug-likeness (QED) is 0.311. The first kappa shape index (κ1) is 24.4. The third kappa shape index (κ3) is 7.38. The van der Waals surface area contributed by atoms with Gasteiger partial charge in [-0.05, 0) is 37.0 Å². The van der Waals surface area contributed by atoms with Gasteiger partial charge in [-0.1, -0.05) is 19.9 Å². The molecule has 0 aliphatic rings. The number of benzene rings is 1. The van der Waals surface area contributed by atoms with Crippen LogP contribution in [0.3, 0.4) is 0 Å². The van der Waals surface area contributed by atoms with Crippen LogP contribution in [0.15, 0.2) is 41.9 Å². The second-order valence-corrected chi connectivity index (χ2v) is 6.63. The van der Waals surface area contributed by atoms with Crippen molar-refractivity contribution >= 4 is 29.9 Å². The molecule has 1 unspecified atom stereocenters. The van der Waals surface area contributed by atoms with Gasteiger partial charge in [0, 0.05) is 39.1 Å². The molecule has 2 rings (SSSR count). The zero-order valence-electron chi connectivity index (χ0n) is 17.0. The highest BCUT2D eigenvalue weighted by molar-refractivity contribution is 14.0. The summed E-state index contributed by atoms with van der Waals surface area (Å²) in [6.45, 7) is 8.30. The number of halogens is 2. The van der Waals surface area contributed by atoms with E-state index in [0.717, 1.165) is 25.1 Å². The van der Waals surface area contributed by atoms with Crippen LogP contribution in [0.25, 0.3) is 5.69 Å². The van der Waals surface area contributed by atoms with Crippen LogP contribution in [0.4, 0.5) is 4.39 Å². The molecule has 0 spiro atoms. The molecule has 0 radical (unpaired) electrons. The van der Waals surface area contributed by atoms with E-state index in [1.807, 2.05) is 13.0 Å². The molecular weight excluding hydrogens is 472 g/mol. The molecule has 1 heterocycles. The van der Waals surface area contributed by atoms with E-state index >= 15 is 0 Å². The van der Waals surface area contributed by atoms with E-state index in [0.29, 0.717) is 24.1 Å². The lowest BCUT2D eigenvalue weighted by atomic mass is 10.0. The number of nitrogens with zero attached hydrogens (tertiary/aromatic N) is 3. The molecule has 0 fully saturated rings. The Morgan fingerprint density at radius 3 is 2.68 bits per heavy atom. The Morgan fingerprint density at radius 1 is 1.32 bits per heavy atom. The monoisotopic (exact) mass is 503 g/mol. The van der Waals surface area contributed by atoms with Gasteiger partial charge >= 0.3 is 0 Å². The first-order chi connectivity index (χ1) is 13.0. The fraction of sp³-hybridized carbons (Fsp3) is 0.500. The fourth-order valence-corrected chi connectivity index (χ4v) is 2.83. The highest BCUT2D eigenvalue weighted by atomic mass is 127. The topological polar surface area (TPSA) is 63.5 Å². The van der Waals surface area contributed by atoms with Gasteiger partial charge in [0.15, 0.2) is 5.96 Å². The van der Waals surface area contributed by atoms with Gasteiger partial charge in [0.05, 0.1) is 18.1 Å². The Bertz CT molecular complexity index is 721. The van der Waals surface area contributed by atoms with Gasteiger partial charge in [-0.15, -0.1) is 24.0 Å². The SMILES string of the molecule is CCOC(CCNC(=NC)NCc1ccc(-n2ccnc2)c(F)c1)C(C)C.I. The molecule has 0 aliphatic heterocycles. The standard InChI is InChI=1S/C20H30FN5O.HI/c1-5-27-19(15(2)3)8-9-24-20(22-4)25-13-16-6-7-18(17(21)12-16)26-11-10-23-14-26;/h6-7,10-12,14-15,19H,5,8-9,13H2,1-4H3,(H2,22,24,25);1H. The van der Waals surface area contributed by atoms with Crippen molar-refractivity contribution in [2.45, 2.75) is 39.8 Å². The normalized spacial score (nSPS) is 12.6. The minimum absolute atomic E-state index is 0. The Labute approximate surface area is 184 Å². The van der Waals surface area contributed by atoms with Crippen LogP contribution >= 0.6 is 24.0 Å². The molecule has 1 aromatic carbocycles. The van der Waals surface area contributed by atoms with Crippen molar-refractivity contribution in [2.75, 3.05) is 20.2 Å². The molecule has 28 heavy (non-hydrogen) atoms. The van der Waals surface area contributed by atoms with Gasteiger partial charge in [0.25, 0.3) is 0 Å². The minimum Gasteiger partial charge on any atom is -0.378 e. The molecule has 1 atom stereocenters. The lowest BCUT2D eigenvalue weighted by Gasteiger charge is -2.21. The highest BCUT2D eigenvalue weighted by Gasteiger charge is 2.13. The minimum atomic E-state index is -0.285. The summed E-state index contributed by atoms with van der Waals surface area (Å²) in [7, 11) is 1.72. The predicted octanol–water partition coefficient (Wildman–Crippen LogP) is 3.75. The first-order valence-corrected chi connectivity index (χ1v) is 9.38. The summed E-state index contributed by atoms with van der Waals surface area (Å²) in [5.41, 5.74) is 1.32. The van der Waals surface area contributed by atoms with E-state index in [2.05, 4.69) is 34.5 Å². The number of ether oxygens (including phenoxy) is 1. The average molecular weight is 503 g/mol. The molecule has 0 saturated carbocycles. The van der Waals surface area contributed by atoms with Crippen LogP contribution in [0.2, 0.25) is 0 Å². The number of imidazole rings is 1. The number of aliphatic imine (C=N–C) groups is 1. The van der Waals surface area contributed by atoms with Crippen molar-refractivity contribution < 1.29 is 9.13 Å². The molecule has 8 heteroatoms. The van der Waals surface area contributed by atoms with Crippen LogP contribution in [0.1, 0.15) is 32.8 Å². The summed E-state index contributed by atoms with van der Waals surface area (Å²) in [6, 6.07) is 5.17. The van der Waals surface area contributed by atoms with Crippen LogP contribution < -0.4 is 10.6 Å². The molecular formula is C20H31FIN5O. The third-order valence-corrected chi connectivity index (χ3v) is 4.32. The van der Waals surface area contributed by atoms with Crippen LogP contribution in [-0.2, 0) is 11.3 Å². The van der Waals surface area contributed by atoms with E-state index in [4.69, 9.17) is 4.74 Å². The molecule has 0 bridgehead atoms. The van der Waals surface area contributed by atoms with Crippen LogP contribution in [0.5, 0.6) is 0 Å². The van der Waals surface area contributed by atoms with Crippen molar-refractivity contribution in [2.24, 2.45) is 10.9 Å². The Morgan fingerprint density at radius 2 is 2.11 bits per heavy atom. The summed E-state index contributed by atoms with van der Waals surface area (Å²) in [5.74, 6) is 0.874. The Hall–Kier alpha value is -1.68. The summed E-state index contributed by atoms with van der Waals surface area (Å²) in [6.07, 6.45) is 6.05. The number of hydrogen-bond acceptors (Lipinski definition) is 3. The van der Waals surface area contributed by atoms with Gasteiger partial charge in [0.2, 0.25) is 0 Å². The van der Waals surface area contributed by atoms with Crippen molar-refractivity contribution in [3.63, 3.8) is 0 Å². The first-order valence-electron chi connectivity index (χ1n) is 9.38. The molecule has 156 valence electrons. The molecule has 0 aliphatic carbocycles. The summed E-state index contributed by atoms with van der Waals surface area (Å²) < 4.78 is 21.7. The van der Waals surface area contributed by atoms with Crippen LogP contribution in [0, 0.1) is 11.7 Å². The van der Waals surface area contributed by atoms with Gasteiger partial charge in [-0.25, -0.2) is 9.37 Å². The van der Waals surface area contributed by atoms with Crippen molar-refractivity contribution in [3.8, 4) is 5.69 Å².